The molecule has 1 saturated carbocycles. The van der Waals surface area contributed by atoms with E-state index in [4.69, 9.17) is 19.5 Å². The molecule has 1 rings (SSSR count). The molecule has 1 atom stereocenters. The number of aliphatic hydroxyl groups excluding tert-OH is 1. The monoisotopic (exact) mass is 378 g/mol. The van der Waals surface area contributed by atoms with Gasteiger partial charge in [-0.1, -0.05) is 19.3 Å². The maximum absolute atomic E-state index is 13.3. The Morgan fingerprint density at radius 3 is 2.21 bits per heavy atom. The summed E-state index contributed by atoms with van der Waals surface area (Å²) in [7, 11) is -5.98. The maximum Gasteiger partial charge on any atom is 0.428 e. The predicted molar refractivity (Wildman–Crippen MR) is 73.2 cm³/mol. The van der Waals surface area contributed by atoms with Crippen molar-refractivity contribution in [1.29, 1.82) is 0 Å². The summed E-state index contributed by atoms with van der Waals surface area (Å²) in [5.74, 6) is -0.910. The topological polar surface area (TPSA) is 151 Å². The van der Waals surface area contributed by atoms with E-state index in [2.05, 4.69) is 4.74 Å². The minimum atomic E-state index is -5.98. The number of hydrogen-bond acceptors (Lipinski definition) is 8. The van der Waals surface area contributed by atoms with E-state index in [0.717, 1.165) is 19.3 Å². The fraction of sp³-hybridized carbons (Fsp3) is 0.917. The molecule has 1 aliphatic rings. The van der Waals surface area contributed by atoms with Crippen LogP contribution in [0.5, 0.6) is 0 Å². The third kappa shape index (κ3) is 5.29. The van der Waals surface area contributed by atoms with Crippen LogP contribution in [-0.4, -0.2) is 64.8 Å². The van der Waals surface area contributed by atoms with E-state index in [-0.39, 0.29) is 5.92 Å². The molecule has 12 heteroatoms. The second-order valence-corrected chi connectivity index (χ2v) is 7.05. The number of carbonyl (C=O) groups excluding carboxylic acids is 1. The van der Waals surface area contributed by atoms with Gasteiger partial charge in [0.2, 0.25) is 0 Å². The van der Waals surface area contributed by atoms with Crippen LogP contribution in [0.4, 0.5) is 8.78 Å². The summed E-state index contributed by atoms with van der Waals surface area (Å²) in [6.07, 6.45) is -2.89. The Kier molecular flexibility index (Phi) is 7.02. The van der Waals surface area contributed by atoms with Crippen molar-refractivity contribution in [2.45, 2.75) is 49.4 Å². The highest BCUT2D eigenvalue weighted by Crippen LogP contribution is 2.32. The summed E-state index contributed by atoms with van der Waals surface area (Å²) in [6.45, 7) is -1.97. The molecule has 0 aliphatic heterocycles. The van der Waals surface area contributed by atoms with Gasteiger partial charge in [-0.15, -0.1) is 0 Å². The molecule has 1 unspecified atom stereocenters. The lowest BCUT2D eigenvalue weighted by Crippen LogP contribution is -2.56. The predicted octanol–water partition coefficient (Wildman–Crippen LogP) is -0.394. The highest BCUT2D eigenvalue weighted by Gasteiger charge is 2.63. The van der Waals surface area contributed by atoms with Gasteiger partial charge in [-0.05, 0) is 12.8 Å². The molecule has 0 radical (unpaired) electrons. The highest BCUT2D eigenvalue weighted by molar-refractivity contribution is 7.86. The lowest BCUT2D eigenvalue weighted by Gasteiger charge is -2.28. The Hall–Kier alpha value is -0.920. The Morgan fingerprint density at radius 2 is 1.71 bits per heavy atom. The van der Waals surface area contributed by atoms with Gasteiger partial charge in [0.05, 0.1) is 12.5 Å². The van der Waals surface area contributed by atoms with Gasteiger partial charge in [0.1, 0.15) is 12.7 Å². The number of rotatable bonds is 8. The molecule has 0 amide bonds. The van der Waals surface area contributed by atoms with Crippen LogP contribution in [-0.2, 0) is 24.4 Å². The summed E-state index contributed by atoms with van der Waals surface area (Å²) in [4.78, 5) is 11.7. The highest BCUT2D eigenvalue weighted by atomic mass is 32.2. The van der Waals surface area contributed by atoms with Crippen molar-refractivity contribution in [3.05, 3.63) is 0 Å². The van der Waals surface area contributed by atoms with Crippen molar-refractivity contribution in [2.75, 3.05) is 13.2 Å². The van der Waals surface area contributed by atoms with Gasteiger partial charge in [-0.2, -0.15) is 17.2 Å². The lowest BCUT2D eigenvalue weighted by molar-refractivity contribution is -0.365. The van der Waals surface area contributed by atoms with E-state index in [1.54, 1.807) is 0 Å². The minimum Gasteiger partial charge on any atom is -0.463 e. The largest absolute Gasteiger partial charge is 0.463 e. The first-order chi connectivity index (χ1) is 10.9. The molecule has 0 aromatic heterocycles. The van der Waals surface area contributed by atoms with E-state index in [1.165, 1.54) is 0 Å². The van der Waals surface area contributed by atoms with Gasteiger partial charge >= 0.3 is 27.3 Å². The molecule has 0 aromatic rings. The van der Waals surface area contributed by atoms with E-state index in [1.807, 2.05) is 0 Å². The Morgan fingerprint density at radius 1 is 1.17 bits per heavy atom. The normalized spacial score (nSPS) is 19.1. The van der Waals surface area contributed by atoms with Crippen LogP contribution in [0.1, 0.15) is 32.1 Å². The van der Waals surface area contributed by atoms with E-state index in [9.17, 15) is 27.1 Å². The zero-order chi connectivity index (χ0) is 18.6. The SMILES string of the molecule is O=C(OCC(O)COC(F)(F)C(O)(O)S(=O)(=O)O)C1CCCCC1. The maximum atomic E-state index is 13.3. The van der Waals surface area contributed by atoms with Gasteiger partial charge < -0.3 is 24.8 Å². The summed E-state index contributed by atoms with van der Waals surface area (Å²) < 4.78 is 64.3. The molecular weight excluding hydrogens is 358 g/mol. The van der Waals surface area contributed by atoms with Crippen molar-refractivity contribution in [3.63, 3.8) is 0 Å². The summed E-state index contributed by atoms with van der Waals surface area (Å²) in [5, 5.41) is 22.0. The third-order valence-electron chi connectivity index (χ3n) is 3.55. The molecule has 24 heavy (non-hydrogen) atoms. The van der Waals surface area contributed by atoms with E-state index >= 15 is 0 Å². The van der Waals surface area contributed by atoms with Crippen molar-refractivity contribution in [1.82, 2.24) is 0 Å². The lowest BCUT2D eigenvalue weighted by atomic mass is 9.89. The van der Waals surface area contributed by atoms with Crippen LogP contribution in [0.25, 0.3) is 0 Å². The average molecular weight is 378 g/mol. The Balaban J connectivity index is 2.45. The van der Waals surface area contributed by atoms with Crippen LogP contribution in [0.3, 0.4) is 0 Å². The number of halogens is 2. The summed E-state index contributed by atoms with van der Waals surface area (Å²) in [6, 6.07) is 0. The zero-order valence-electron chi connectivity index (χ0n) is 12.6. The van der Waals surface area contributed by atoms with Crippen molar-refractivity contribution >= 4 is 16.1 Å². The molecule has 0 spiro atoms. The molecule has 142 valence electrons. The molecule has 4 N–H and O–H groups in total. The van der Waals surface area contributed by atoms with Crippen molar-refractivity contribution in [3.8, 4) is 0 Å². The summed E-state index contributed by atoms with van der Waals surface area (Å²) in [5.41, 5.74) is 0. The standard InChI is InChI=1S/C12H20F2O9S/c13-11(14,12(17,18)24(19,20)21)23-7-9(15)6-22-10(16)8-4-2-1-3-5-8/h8-9,15,17-18H,1-7H2,(H,19,20,21). The van der Waals surface area contributed by atoms with Crippen molar-refractivity contribution in [2.24, 2.45) is 5.92 Å². The molecule has 0 heterocycles. The molecule has 1 aliphatic carbocycles. The fourth-order valence-corrected chi connectivity index (χ4v) is 2.49. The van der Waals surface area contributed by atoms with Crippen LogP contribution in [0.15, 0.2) is 0 Å². The van der Waals surface area contributed by atoms with E-state index < -0.39 is 46.6 Å². The van der Waals surface area contributed by atoms with Crippen molar-refractivity contribution < 1.29 is 51.3 Å². The smallest absolute Gasteiger partial charge is 0.428 e. The first kappa shape index (κ1) is 21.1. The first-order valence-corrected chi connectivity index (χ1v) is 8.60. The number of aliphatic hydroxyl groups is 3. The number of carbonyl (C=O) groups is 1. The zero-order valence-corrected chi connectivity index (χ0v) is 13.4. The minimum absolute atomic E-state index is 0.324. The first-order valence-electron chi connectivity index (χ1n) is 7.16. The Bertz CT molecular complexity index is 529. The molecule has 1 fully saturated rings. The molecule has 0 aromatic carbocycles. The number of esters is 1. The molecular formula is C12H20F2O9S. The second kappa shape index (κ2) is 7.97. The summed E-state index contributed by atoms with van der Waals surface area (Å²) >= 11 is 0. The van der Waals surface area contributed by atoms with Crippen LogP contribution in [0.2, 0.25) is 0 Å². The van der Waals surface area contributed by atoms with Crippen LogP contribution in [0, 0.1) is 5.92 Å². The van der Waals surface area contributed by atoms with Crippen LogP contribution < -0.4 is 0 Å². The van der Waals surface area contributed by atoms with Gasteiger partial charge in [0.25, 0.3) is 0 Å². The molecule has 9 nitrogen and oxygen atoms in total. The van der Waals surface area contributed by atoms with Gasteiger partial charge in [-0.3, -0.25) is 9.35 Å². The van der Waals surface area contributed by atoms with Gasteiger partial charge in [0.15, 0.2) is 0 Å². The Labute approximate surface area is 136 Å². The third-order valence-corrected chi connectivity index (χ3v) is 4.51. The van der Waals surface area contributed by atoms with E-state index in [0.29, 0.717) is 12.8 Å². The number of ether oxygens (including phenoxy) is 2. The average Bonchev–Trinajstić information content (AvgIpc) is 2.50. The molecule has 0 saturated heterocycles. The van der Waals surface area contributed by atoms with Crippen LogP contribution >= 0.6 is 0 Å². The number of hydrogen-bond donors (Lipinski definition) is 4. The van der Waals surface area contributed by atoms with Gasteiger partial charge in [0, 0.05) is 0 Å². The second-order valence-electron chi connectivity index (χ2n) is 5.53. The molecule has 0 bridgehead atoms. The fourth-order valence-electron chi connectivity index (χ4n) is 2.13. The number of alkyl halides is 2. The van der Waals surface area contributed by atoms with Gasteiger partial charge in [-0.25, -0.2) is 0 Å². The quantitative estimate of drug-likeness (QED) is 0.251.